The Morgan fingerprint density at radius 1 is 1.17 bits per heavy atom. The van der Waals surface area contributed by atoms with Crippen LogP contribution in [0.4, 0.5) is 0 Å². The number of nitrogens with zero attached hydrogens (tertiary/aromatic N) is 3. The van der Waals surface area contributed by atoms with Crippen LogP contribution in [0.3, 0.4) is 0 Å². The van der Waals surface area contributed by atoms with Crippen LogP contribution in [0.5, 0.6) is 5.75 Å². The number of nitrogens with one attached hydrogen (secondary N) is 1. The minimum atomic E-state index is 0.411. The molecule has 0 atom stereocenters. The summed E-state index contributed by atoms with van der Waals surface area (Å²) in [6, 6.07) is 13.0. The fourth-order valence-electron chi connectivity index (χ4n) is 1.90. The molecule has 0 radical (unpaired) electrons. The molecule has 0 bridgehead atoms. The van der Waals surface area contributed by atoms with E-state index in [0.29, 0.717) is 21.4 Å². The van der Waals surface area contributed by atoms with Gasteiger partial charge in [-0.25, -0.2) is 0 Å². The highest BCUT2D eigenvalue weighted by Gasteiger charge is 2.01. The maximum atomic E-state index is 5.99. The van der Waals surface area contributed by atoms with Gasteiger partial charge in [-0.05, 0) is 59.7 Å². The maximum Gasteiger partial charge on any atom is 0.216 e. The number of H-pyrrole nitrogens is 1. The lowest BCUT2D eigenvalue weighted by atomic mass is 10.2. The van der Waals surface area contributed by atoms with Crippen molar-refractivity contribution in [3.8, 4) is 5.75 Å². The third kappa shape index (κ3) is 4.23. The summed E-state index contributed by atoms with van der Waals surface area (Å²) in [5, 5.41) is 11.7. The Balaban J connectivity index is 1.62. The lowest BCUT2D eigenvalue weighted by Crippen LogP contribution is -1.96. The van der Waals surface area contributed by atoms with E-state index in [2.05, 4.69) is 15.3 Å². The van der Waals surface area contributed by atoms with E-state index in [1.807, 2.05) is 30.3 Å². The predicted octanol–water partition coefficient (Wildman–Crippen LogP) is 4.71. The van der Waals surface area contributed by atoms with Gasteiger partial charge in [0.25, 0.3) is 0 Å². The molecule has 0 saturated carbocycles. The van der Waals surface area contributed by atoms with E-state index in [1.54, 1.807) is 18.3 Å². The van der Waals surface area contributed by atoms with Crippen molar-refractivity contribution < 1.29 is 4.74 Å². The Hall–Kier alpha value is -2.15. The third-order valence-corrected chi connectivity index (χ3v) is 4.15. The molecular formula is C16H12Cl2N4OS. The monoisotopic (exact) mass is 378 g/mol. The van der Waals surface area contributed by atoms with E-state index in [4.69, 9.17) is 40.2 Å². The number of hydrogen-bond acceptors (Lipinski definition) is 4. The largest absolute Gasteiger partial charge is 0.489 e. The molecule has 0 aliphatic heterocycles. The van der Waals surface area contributed by atoms with Gasteiger partial charge in [0.2, 0.25) is 4.77 Å². The summed E-state index contributed by atoms with van der Waals surface area (Å²) in [7, 11) is 0. The zero-order valence-corrected chi connectivity index (χ0v) is 14.6. The molecule has 3 rings (SSSR count). The van der Waals surface area contributed by atoms with Gasteiger partial charge in [0.05, 0.1) is 16.3 Å². The number of benzene rings is 2. The lowest BCUT2D eigenvalue weighted by Gasteiger charge is -2.07. The molecule has 5 nitrogen and oxygen atoms in total. The average molecular weight is 379 g/mol. The number of halogens is 2. The lowest BCUT2D eigenvalue weighted by molar-refractivity contribution is 0.306. The first-order valence-corrected chi connectivity index (χ1v) is 8.11. The van der Waals surface area contributed by atoms with Crippen LogP contribution in [0.1, 0.15) is 11.1 Å². The van der Waals surface area contributed by atoms with Crippen LogP contribution in [0.25, 0.3) is 0 Å². The summed E-state index contributed by atoms with van der Waals surface area (Å²) in [5.74, 6) is 0.748. The van der Waals surface area contributed by atoms with E-state index in [1.165, 1.54) is 11.0 Å². The highest BCUT2D eigenvalue weighted by Crippen LogP contribution is 2.23. The van der Waals surface area contributed by atoms with Crippen LogP contribution >= 0.6 is 35.4 Å². The minimum absolute atomic E-state index is 0.411. The average Bonchev–Trinajstić information content (AvgIpc) is 3.00. The van der Waals surface area contributed by atoms with Crippen molar-refractivity contribution in [2.75, 3.05) is 0 Å². The van der Waals surface area contributed by atoms with Gasteiger partial charge in [-0.3, -0.25) is 5.10 Å². The molecule has 8 heteroatoms. The predicted molar refractivity (Wildman–Crippen MR) is 97.6 cm³/mol. The van der Waals surface area contributed by atoms with Gasteiger partial charge in [0.1, 0.15) is 18.7 Å². The molecular weight excluding hydrogens is 367 g/mol. The van der Waals surface area contributed by atoms with E-state index in [-0.39, 0.29) is 0 Å². The van der Waals surface area contributed by atoms with Crippen molar-refractivity contribution in [2.24, 2.45) is 5.10 Å². The Bertz CT molecular complexity index is 918. The molecule has 0 amide bonds. The zero-order chi connectivity index (χ0) is 16.9. The van der Waals surface area contributed by atoms with Crippen molar-refractivity contribution in [3.05, 3.63) is 74.7 Å². The Morgan fingerprint density at radius 3 is 2.62 bits per heavy atom. The zero-order valence-electron chi connectivity index (χ0n) is 12.3. The molecule has 0 aliphatic rings. The van der Waals surface area contributed by atoms with Gasteiger partial charge in [0, 0.05) is 0 Å². The van der Waals surface area contributed by atoms with E-state index < -0.39 is 0 Å². The normalized spacial score (nSPS) is 11.1. The molecule has 0 spiro atoms. The van der Waals surface area contributed by atoms with Crippen LogP contribution in [-0.4, -0.2) is 21.1 Å². The van der Waals surface area contributed by atoms with Gasteiger partial charge in [-0.1, -0.05) is 29.3 Å². The molecule has 24 heavy (non-hydrogen) atoms. The van der Waals surface area contributed by atoms with Crippen LogP contribution in [0.15, 0.2) is 53.9 Å². The summed E-state index contributed by atoms with van der Waals surface area (Å²) in [6.07, 6.45) is 3.20. The maximum absolute atomic E-state index is 5.99. The number of ether oxygens (including phenoxy) is 1. The van der Waals surface area contributed by atoms with Crippen LogP contribution in [0, 0.1) is 4.77 Å². The van der Waals surface area contributed by atoms with Gasteiger partial charge < -0.3 is 4.74 Å². The second-order valence-corrected chi connectivity index (χ2v) is 6.06. The summed E-state index contributed by atoms with van der Waals surface area (Å²) in [4.78, 5) is 0. The number of aromatic nitrogens is 3. The summed E-state index contributed by atoms with van der Waals surface area (Å²) in [5.41, 5.74) is 1.87. The molecule has 0 aliphatic carbocycles. The van der Waals surface area contributed by atoms with Gasteiger partial charge >= 0.3 is 0 Å². The first-order valence-electron chi connectivity index (χ1n) is 6.95. The standard InChI is InChI=1S/C16H12Cl2N4OS/c17-14-6-3-12(7-15(14)18)9-23-13-4-1-11(2-5-13)8-20-22-10-19-21-16(22)24/h1-8,10H,9H2,(H,21,24)/b20-8+. The van der Waals surface area contributed by atoms with Crippen molar-refractivity contribution in [2.45, 2.75) is 6.61 Å². The third-order valence-electron chi connectivity index (χ3n) is 3.14. The fraction of sp³-hybridized carbons (Fsp3) is 0.0625. The molecule has 0 saturated heterocycles. The molecule has 1 aromatic heterocycles. The van der Waals surface area contributed by atoms with E-state index in [9.17, 15) is 0 Å². The second-order valence-electron chi connectivity index (χ2n) is 4.86. The second kappa shape index (κ2) is 7.61. The molecule has 1 heterocycles. The van der Waals surface area contributed by atoms with E-state index in [0.717, 1.165) is 16.9 Å². The highest BCUT2D eigenvalue weighted by atomic mass is 35.5. The first kappa shape index (κ1) is 16.7. The molecule has 2 aromatic carbocycles. The Morgan fingerprint density at radius 2 is 1.96 bits per heavy atom. The number of aromatic amines is 1. The van der Waals surface area contributed by atoms with Crippen LogP contribution < -0.4 is 4.74 Å². The van der Waals surface area contributed by atoms with E-state index >= 15 is 0 Å². The summed E-state index contributed by atoms with van der Waals surface area (Å²) in [6.45, 7) is 0.411. The van der Waals surface area contributed by atoms with Gasteiger partial charge in [-0.15, -0.1) is 0 Å². The van der Waals surface area contributed by atoms with Crippen LogP contribution in [-0.2, 0) is 6.61 Å². The molecule has 0 fully saturated rings. The summed E-state index contributed by atoms with van der Waals surface area (Å²) >= 11 is 16.9. The van der Waals surface area contributed by atoms with Crippen molar-refractivity contribution in [1.82, 2.24) is 14.9 Å². The first-order chi connectivity index (χ1) is 11.6. The smallest absolute Gasteiger partial charge is 0.216 e. The number of rotatable bonds is 5. The van der Waals surface area contributed by atoms with Gasteiger partial charge in [-0.2, -0.15) is 14.9 Å². The number of hydrogen-bond donors (Lipinski definition) is 1. The fourth-order valence-corrected chi connectivity index (χ4v) is 2.37. The molecule has 1 N–H and O–H groups in total. The SMILES string of the molecule is S=c1[nH]ncn1/N=C/c1ccc(OCc2ccc(Cl)c(Cl)c2)cc1. The van der Waals surface area contributed by atoms with Crippen LogP contribution in [0.2, 0.25) is 10.0 Å². The molecule has 3 aromatic rings. The summed E-state index contributed by atoms with van der Waals surface area (Å²) < 4.78 is 7.64. The molecule has 122 valence electrons. The highest BCUT2D eigenvalue weighted by molar-refractivity contribution is 7.71. The van der Waals surface area contributed by atoms with Crippen molar-refractivity contribution in [3.63, 3.8) is 0 Å². The topological polar surface area (TPSA) is 55.2 Å². The minimum Gasteiger partial charge on any atom is -0.489 e. The van der Waals surface area contributed by atoms with Crippen molar-refractivity contribution in [1.29, 1.82) is 0 Å². The Labute approximate surface area is 153 Å². The van der Waals surface area contributed by atoms with Crippen molar-refractivity contribution >= 4 is 41.6 Å². The quantitative estimate of drug-likeness (QED) is 0.516. The van der Waals surface area contributed by atoms with Gasteiger partial charge in [0.15, 0.2) is 0 Å². The Kier molecular flexibility index (Phi) is 5.30. The molecule has 0 unspecified atom stereocenters.